The smallest absolute Gasteiger partial charge is 0.122 e. The van der Waals surface area contributed by atoms with Crippen molar-refractivity contribution in [2.45, 2.75) is 19.8 Å². The van der Waals surface area contributed by atoms with Crippen LogP contribution in [0.5, 0.6) is 5.75 Å². The molecule has 1 N–H and O–H groups in total. The number of benzene rings is 1. The summed E-state index contributed by atoms with van der Waals surface area (Å²) in [6.07, 6.45) is 2.10. The Balaban J connectivity index is 2.60. The molecule has 0 amide bonds. The molecule has 3 nitrogen and oxygen atoms in total. The Bertz CT molecular complexity index is 339. The Morgan fingerprint density at radius 1 is 1.35 bits per heavy atom. The first-order chi connectivity index (χ1) is 8.21. The predicted octanol–water partition coefficient (Wildman–Crippen LogP) is 1.91. The van der Waals surface area contributed by atoms with E-state index in [4.69, 9.17) is 4.74 Å². The Kier molecular flexibility index (Phi) is 6.01. The second kappa shape index (κ2) is 7.30. The summed E-state index contributed by atoms with van der Waals surface area (Å²) < 4.78 is 5.33. The van der Waals surface area contributed by atoms with Gasteiger partial charge in [-0.1, -0.05) is 19.1 Å². The number of rotatable bonds is 7. The summed E-state index contributed by atoms with van der Waals surface area (Å²) in [6.45, 7) is 4.15. The fourth-order valence-electron chi connectivity index (χ4n) is 1.93. The zero-order valence-electron chi connectivity index (χ0n) is 11.4. The van der Waals surface area contributed by atoms with E-state index in [-0.39, 0.29) is 0 Å². The minimum atomic E-state index is 0.927. The van der Waals surface area contributed by atoms with Crippen molar-refractivity contribution in [3.63, 3.8) is 0 Å². The topological polar surface area (TPSA) is 24.5 Å². The normalized spacial score (nSPS) is 10.9. The monoisotopic (exact) mass is 236 g/mol. The number of nitrogens with one attached hydrogen (secondary N) is 1. The Labute approximate surface area is 105 Å². The highest BCUT2D eigenvalue weighted by Crippen LogP contribution is 2.20. The summed E-state index contributed by atoms with van der Waals surface area (Å²) in [5, 5.41) is 3.15. The predicted molar refractivity (Wildman–Crippen MR) is 72.6 cm³/mol. The van der Waals surface area contributed by atoms with Gasteiger partial charge in [-0.05, 0) is 44.1 Å². The van der Waals surface area contributed by atoms with Crippen LogP contribution in [0.25, 0.3) is 0 Å². The van der Waals surface area contributed by atoms with E-state index in [9.17, 15) is 0 Å². The van der Waals surface area contributed by atoms with Crippen molar-refractivity contribution < 1.29 is 4.74 Å². The number of nitrogens with zero attached hydrogens (tertiary/aromatic N) is 1. The molecule has 0 bridgehead atoms. The lowest BCUT2D eigenvalue weighted by atomic mass is 10.1. The van der Waals surface area contributed by atoms with Gasteiger partial charge < -0.3 is 10.1 Å². The molecule has 1 aromatic carbocycles. The SMILES string of the molecule is CCc1cc(CCN(C)CNC)ccc1OC. The van der Waals surface area contributed by atoms with Crippen LogP contribution in [0, 0.1) is 0 Å². The zero-order chi connectivity index (χ0) is 12.7. The highest BCUT2D eigenvalue weighted by Gasteiger charge is 2.03. The van der Waals surface area contributed by atoms with Gasteiger partial charge in [0.1, 0.15) is 5.75 Å². The van der Waals surface area contributed by atoms with E-state index in [0.717, 1.165) is 31.8 Å². The number of hydrogen-bond donors (Lipinski definition) is 1. The molecule has 0 spiro atoms. The molecule has 0 fully saturated rings. The fraction of sp³-hybridized carbons (Fsp3) is 0.571. The van der Waals surface area contributed by atoms with Crippen LogP contribution in [0.15, 0.2) is 18.2 Å². The summed E-state index contributed by atoms with van der Waals surface area (Å²) in [4.78, 5) is 2.27. The van der Waals surface area contributed by atoms with E-state index >= 15 is 0 Å². The largest absolute Gasteiger partial charge is 0.496 e. The van der Waals surface area contributed by atoms with E-state index < -0.39 is 0 Å². The van der Waals surface area contributed by atoms with Gasteiger partial charge in [0, 0.05) is 13.2 Å². The standard InChI is InChI=1S/C14H24N2O/c1-5-13-10-12(6-7-14(13)17-4)8-9-16(3)11-15-2/h6-7,10,15H,5,8-9,11H2,1-4H3. The van der Waals surface area contributed by atoms with Crippen molar-refractivity contribution in [2.75, 3.05) is 34.4 Å². The average Bonchev–Trinajstić information content (AvgIpc) is 2.36. The Morgan fingerprint density at radius 2 is 2.12 bits per heavy atom. The summed E-state index contributed by atoms with van der Waals surface area (Å²) in [6, 6.07) is 6.49. The van der Waals surface area contributed by atoms with Crippen LogP contribution in [0.2, 0.25) is 0 Å². The highest BCUT2D eigenvalue weighted by molar-refractivity contribution is 5.37. The summed E-state index contributed by atoms with van der Waals surface area (Å²) in [7, 11) is 5.83. The number of likely N-dealkylation sites (N-methyl/N-ethyl adjacent to an activating group) is 1. The van der Waals surface area contributed by atoms with E-state index in [1.807, 2.05) is 7.05 Å². The molecule has 0 unspecified atom stereocenters. The maximum absolute atomic E-state index is 5.33. The maximum Gasteiger partial charge on any atom is 0.122 e. The van der Waals surface area contributed by atoms with Gasteiger partial charge in [-0.25, -0.2) is 0 Å². The number of aryl methyl sites for hydroxylation is 1. The third-order valence-corrected chi connectivity index (χ3v) is 2.94. The molecule has 0 saturated carbocycles. The summed E-state index contributed by atoms with van der Waals surface area (Å²) >= 11 is 0. The average molecular weight is 236 g/mol. The van der Waals surface area contributed by atoms with Crippen molar-refractivity contribution >= 4 is 0 Å². The van der Waals surface area contributed by atoms with Crippen molar-refractivity contribution in [2.24, 2.45) is 0 Å². The van der Waals surface area contributed by atoms with Gasteiger partial charge in [-0.2, -0.15) is 0 Å². The number of hydrogen-bond acceptors (Lipinski definition) is 3. The summed E-state index contributed by atoms with van der Waals surface area (Å²) in [5.41, 5.74) is 2.67. The van der Waals surface area contributed by atoms with Crippen LogP contribution in [0.1, 0.15) is 18.1 Å². The van der Waals surface area contributed by atoms with Crippen LogP contribution in [0.4, 0.5) is 0 Å². The van der Waals surface area contributed by atoms with Crippen molar-refractivity contribution in [3.05, 3.63) is 29.3 Å². The molecule has 3 heteroatoms. The lowest BCUT2D eigenvalue weighted by Gasteiger charge is -2.16. The van der Waals surface area contributed by atoms with Crippen molar-refractivity contribution in [1.29, 1.82) is 0 Å². The Morgan fingerprint density at radius 3 is 2.71 bits per heavy atom. The molecular weight excluding hydrogens is 212 g/mol. The molecule has 0 aliphatic heterocycles. The molecule has 0 heterocycles. The van der Waals surface area contributed by atoms with Gasteiger partial charge in [-0.15, -0.1) is 0 Å². The van der Waals surface area contributed by atoms with Gasteiger partial charge in [0.25, 0.3) is 0 Å². The highest BCUT2D eigenvalue weighted by atomic mass is 16.5. The molecule has 0 atom stereocenters. The van der Waals surface area contributed by atoms with E-state index in [0.29, 0.717) is 0 Å². The molecule has 0 aliphatic carbocycles. The lowest BCUT2D eigenvalue weighted by molar-refractivity contribution is 0.321. The quantitative estimate of drug-likeness (QED) is 0.732. The third kappa shape index (κ3) is 4.36. The maximum atomic E-state index is 5.33. The van der Waals surface area contributed by atoms with Gasteiger partial charge in [0.2, 0.25) is 0 Å². The van der Waals surface area contributed by atoms with Gasteiger partial charge in [0.05, 0.1) is 7.11 Å². The van der Waals surface area contributed by atoms with E-state index in [1.54, 1.807) is 7.11 Å². The Hall–Kier alpha value is -1.06. The molecule has 1 aromatic rings. The zero-order valence-corrected chi connectivity index (χ0v) is 11.4. The van der Waals surface area contributed by atoms with Crippen LogP contribution in [-0.2, 0) is 12.8 Å². The molecular formula is C14H24N2O. The molecule has 96 valence electrons. The molecule has 0 aliphatic rings. The molecule has 1 rings (SSSR count). The molecule has 17 heavy (non-hydrogen) atoms. The first kappa shape index (κ1) is 14.0. The lowest BCUT2D eigenvalue weighted by Crippen LogP contribution is -2.30. The van der Waals surface area contributed by atoms with Crippen molar-refractivity contribution in [1.82, 2.24) is 10.2 Å². The van der Waals surface area contributed by atoms with Crippen LogP contribution >= 0.6 is 0 Å². The minimum absolute atomic E-state index is 0.927. The third-order valence-electron chi connectivity index (χ3n) is 2.94. The molecule has 0 saturated heterocycles. The van der Waals surface area contributed by atoms with Gasteiger partial charge >= 0.3 is 0 Å². The number of ether oxygens (including phenoxy) is 1. The van der Waals surface area contributed by atoms with Gasteiger partial charge in [-0.3, -0.25) is 4.90 Å². The molecule has 0 aromatic heterocycles. The van der Waals surface area contributed by atoms with Crippen LogP contribution in [0.3, 0.4) is 0 Å². The fourth-order valence-corrected chi connectivity index (χ4v) is 1.93. The molecule has 0 radical (unpaired) electrons. The van der Waals surface area contributed by atoms with Crippen LogP contribution < -0.4 is 10.1 Å². The van der Waals surface area contributed by atoms with E-state index in [2.05, 4.69) is 42.4 Å². The van der Waals surface area contributed by atoms with E-state index in [1.165, 1.54) is 11.1 Å². The first-order valence-electron chi connectivity index (χ1n) is 6.20. The first-order valence-corrected chi connectivity index (χ1v) is 6.20. The minimum Gasteiger partial charge on any atom is -0.496 e. The van der Waals surface area contributed by atoms with Crippen LogP contribution in [-0.4, -0.2) is 39.3 Å². The number of methoxy groups -OCH3 is 1. The second-order valence-corrected chi connectivity index (χ2v) is 4.34. The van der Waals surface area contributed by atoms with Gasteiger partial charge in [0.15, 0.2) is 0 Å². The summed E-state index contributed by atoms with van der Waals surface area (Å²) in [5.74, 6) is 1.000. The second-order valence-electron chi connectivity index (χ2n) is 4.34. The van der Waals surface area contributed by atoms with Crippen molar-refractivity contribution in [3.8, 4) is 5.75 Å².